The molecule has 0 nitrogen and oxygen atoms in total. The summed E-state index contributed by atoms with van der Waals surface area (Å²) in [6.07, 6.45) is 6.87. The zero-order valence-electron chi connectivity index (χ0n) is 17.1. The molecule has 3 rings (SSSR count). The standard InChI is InChI=1S/C24H38/c1-16(2)18(5)23(6)13-8-14-24(7)21-11-9-19(17(3)4)15-20(21)10-12-22(23)24/h9,11,15-18,22H,8,10,12-14H2,1-7H3. The quantitative estimate of drug-likeness (QED) is 0.555. The molecule has 0 aliphatic heterocycles. The minimum atomic E-state index is 0.388. The first-order valence-electron chi connectivity index (χ1n) is 10.3. The van der Waals surface area contributed by atoms with E-state index in [2.05, 4.69) is 66.7 Å². The number of aryl methyl sites for hydroxylation is 1. The number of benzene rings is 1. The fraction of sp³-hybridized carbons (Fsp3) is 0.750. The van der Waals surface area contributed by atoms with Crippen LogP contribution in [0.15, 0.2) is 18.2 Å². The molecule has 0 heteroatoms. The van der Waals surface area contributed by atoms with Gasteiger partial charge in [0, 0.05) is 0 Å². The van der Waals surface area contributed by atoms with E-state index < -0.39 is 0 Å². The van der Waals surface area contributed by atoms with Crippen LogP contribution in [0.2, 0.25) is 0 Å². The van der Waals surface area contributed by atoms with E-state index in [1.165, 1.54) is 37.7 Å². The monoisotopic (exact) mass is 326 g/mol. The summed E-state index contributed by atoms with van der Waals surface area (Å²) < 4.78 is 0. The molecule has 134 valence electrons. The van der Waals surface area contributed by atoms with E-state index in [1.807, 2.05) is 0 Å². The SMILES string of the molecule is CC(C)c1ccc2c(c1)CCC1C2(C)CCCC1(C)C(C)C(C)C. The lowest BCUT2D eigenvalue weighted by Crippen LogP contribution is -2.52. The second kappa shape index (κ2) is 6.19. The Morgan fingerprint density at radius 2 is 1.71 bits per heavy atom. The topological polar surface area (TPSA) is 0 Å². The molecule has 1 aromatic carbocycles. The molecule has 0 N–H and O–H groups in total. The van der Waals surface area contributed by atoms with Crippen LogP contribution in [0, 0.1) is 23.2 Å². The van der Waals surface area contributed by atoms with Crippen molar-refractivity contribution in [3.63, 3.8) is 0 Å². The van der Waals surface area contributed by atoms with Gasteiger partial charge in [-0.15, -0.1) is 0 Å². The zero-order chi connectivity index (χ0) is 17.7. The van der Waals surface area contributed by atoms with E-state index in [0.717, 1.165) is 17.8 Å². The molecule has 4 unspecified atom stereocenters. The molecule has 0 amide bonds. The van der Waals surface area contributed by atoms with Crippen LogP contribution in [0.5, 0.6) is 0 Å². The smallest absolute Gasteiger partial charge is 0.00389 e. The third-order valence-corrected chi connectivity index (χ3v) is 8.13. The van der Waals surface area contributed by atoms with Crippen molar-refractivity contribution in [2.24, 2.45) is 23.2 Å². The highest BCUT2D eigenvalue weighted by molar-refractivity contribution is 5.42. The molecule has 24 heavy (non-hydrogen) atoms. The Morgan fingerprint density at radius 3 is 2.33 bits per heavy atom. The highest BCUT2D eigenvalue weighted by Crippen LogP contribution is 2.60. The second-order valence-electron chi connectivity index (χ2n) is 9.97. The first-order chi connectivity index (χ1) is 11.2. The Bertz CT molecular complexity index is 596. The lowest BCUT2D eigenvalue weighted by atomic mass is 9.46. The molecule has 0 radical (unpaired) electrons. The summed E-state index contributed by atoms with van der Waals surface area (Å²) in [4.78, 5) is 0. The van der Waals surface area contributed by atoms with E-state index in [0.29, 0.717) is 16.7 Å². The van der Waals surface area contributed by atoms with E-state index in [-0.39, 0.29) is 0 Å². The lowest BCUT2D eigenvalue weighted by Gasteiger charge is -2.58. The van der Waals surface area contributed by atoms with Gasteiger partial charge < -0.3 is 0 Å². The van der Waals surface area contributed by atoms with Gasteiger partial charge in [-0.05, 0) is 76.9 Å². The van der Waals surface area contributed by atoms with Crippen molar-refractivity contribution >= 4 is 0 Å². The Kier molecular flexibility index (Phi) is 4.65. The third-order valence-electron chi connectivity index (χ3n) is 8.13. The van der Waals surface area contributed by atoms with Crippen molar-refractivity contribution in [2.75, 3.05) is 0 Å². The van der Waals surface area contributed by atoms with Crippen LogP contribution in [0.4, 0.5) is 0 Å². The van der Waals surface area contributed by atoms with E-state index in [9.17, 15) is 0 Å². The molecule has 0 aromatic heterocycles. The molecule has 0 spiro atoms. The fourth-order valence-corrected chi connectivity index (χ4v) is 6.23. The first kappa shape index (κ1) is 18.0. The van der Waals surface area contributed by atoms with Crippen molar-refractivity contribution in [1.82, 2.24) is 0 Å². The summed E-state index contributed by atoms with van der Waals surface area (Å²) in [6, 6.07) is 7.44. The number of hydrogen-bond acceptors (Lipinski definition) is 0. The average Bonchev–Trinajstić information content (AvgIpc) is 2.53. The predicted octanol–water partition coefficient (Wildman–Crippen LogP) is 7.11. The molecule has 2 aliphatic carbocycles. The highest BCUT2D eigenvalue weighted by Gasteiger charge is 2.53. The number of hydrogen-bond donors (Lipinski definition) is 0. The summed E-state index contributed by atoms with van der Waals surface area (Å²) in [5.41, 5.74) is 5.74. The van der Waals surface area contributed by atoms with Gasteiger partial charge >= 0.3 is 0 Å². The molecule has 2 aliphatic rings. The van der Waals surface area contributed by atoms with Crippen LogP contribution in [-0.4, -0.2) is 0 Å². The molecule has 0 saturated heterocycles. The van der Waals surface area contributed by atoms with Gasteiger partial charge in [0.2, 0.25) is 0 Å². The molecule has 0 heterocycles. The average molecular weight is 327 g/mol. The summed E-state index contributed by atoms with van der Waals surface area (Å²) in [6.45, 7) is 17.2. The third kappa shape index (κ3) is 2.65. The minimum absolute atomic E-state index is 0.388. The Morgan fingerprint density at radius 1 is 1.00 bits per heavy atom. The molecule has 1 fully saturated rings. The van der Waals surface area contributed by atoms with Crippen molar-refractivity contribution in [3.05, 3.63) is 34.9 Å². The van der Waals surface area contributed by atoms with Crippen molar-refractivity contribution in [3.8, 4) is 0 Å². The molecule has 1 aromatic rings. The Labute approximate surface area is 150 Å². The Balaban J connectivity index is 2.03. The van der Waals surface area contributed by atoms with E-state index in [4.69, 9.17) is 0 Å². The zero-order valence-corrected chi connectivity index (χ0v) is 17.1. The van der Waals surface area contributed by atoms with E-state index in [1.54, 1.807) is 11.1 Å². The van der Waals surface area contributed by atoms with Gasteiger partial charge in [-0.25, -0.2) is 0 Å². The van der Waals surface area contributed by atoms with Crippen LogP contribution in [0.25, 0.3) is 0 Å². The van der Waals surface area contributed by atoms with Crippen LogP contribution < -0.4 is 0 Å². The molecular weight excluding hydrogens is 288 g/mol. The largest absolute Gasteiger partial charge is 0.0625 e. The van der Waals surface area contributed by atoms with Gasteiger partial charge in [-0.3, -0.25) is 0 Å². The van der Waals surface area contributed by atoms with Gasteiger partial charge in [-0.2, -0.15) is 0 Å². The van der Waals surface area contributed by atoms with Gasteiger partial charge in [0.05, 0.1) is 0 Å². The maximum atomic E-state index is 2.62. The second-order valence-corrected chi connectivity index (χ2v) is 9.97. The van der Waals surface area contributed by atoms with Crippen LogP contribution in [-0.2, 0) is 11.8 Å². The molecule has 1 saturated carbocycles. The summed E-state index contributed by atoms with van der Waals surface area (Å²) in [5.74, 6) is 3.06. The summed E-state index contributed by atoms with van der Waals surface area (Å²) >= 11 is 0. The highest BCUT2D eigenvalue weighted by atomic mass is 14.6. The van der Waals surface area contributed by atoms with Crippen molar-refractivity contribution < 1.29 is 0 Å². The summed E-state index contributed by atoms with van der Waals surface area (Å²) in [7, 11) is 0. The normalized spacial score (nSPS) is 34.1. The Hall–Kier alpha value is -0.780. The van der Waals surface area contributed by atoms with Crippen molar-refractivity contribution in [2.45, 2.75) is 91.9 Å². The van der Waals surface area contributed by atoms with E-state index >= 15 is 0 Å². The maximum absolute atomic E-state index is 2.62. The van der Waals surface area contributed by atoms with Gasteiger partial charge in [0.15, 0.2) is 0 Å². The predicted molar refractivity (Wildman–Crippen MR) is 106 cm³/mol. The molecule has 4 atom stereocenters. The van der Waals surface area contributed by atoms with Crippen LogP contribution in [0.3, 0.4) is 0 Å². The molecular formula is C24H38. The van der Waals surface area contributed by atoms with Crippen molar-refractivity contribution in [1.29, 1.82) is 0 Å². The fourth-order valence-electron chi connectivity index (χ4n) is 6.23. The minimum Gasteiger partial charge on any atom is -0.0625 e. The van der Waals surface area contributed by atoms with Gasteiger partial charge in [0.25, 0.3) is 0 Å². The van der Waals surface area contributed by atoms with Gasteiger partial charge in [0.1, 0.15) is 0 Å². The first-order valence-corrected chi connectivity index (χ1v) is 10.3. The number of rotatable bonds is 3. The van der Waals surface area contributed by atoms with Crippen LogP contribution in [0.1, 0.15) is 96.8 Å². The number of fused-ring (bicyclic) bond motifs is 3. The van der Waals surface area contributed by atoms with Crippen LogP contribution >= 0.6 is 0 Å². The molecule has 0 bridgehead atoms. The van der Waals surface area contributed by atoms with Gasteiger partial charge in [-0.1, -0.05) is 73.1 Å². The summed E-state index contributed by atoms with van der Waals surface area (Å²) in [5, 5.41) is 0. The maximum Gasteiger partial charge on any atom is -0.00389 e. The lowest BCUT2D eigenvalue weighted by molar-refractivity contribution is -0.0315.